The number of amides is 1. The molecule has 1 rings (SSSR count). The summed E-state index contributed by atoms with van der Waals surface area (Å²) in [6.45, 7) is 3.30. The molecule has 0 saturated heterocycles. The van der Waals surface area contributed by atoms with E-state index in [4.69, 9.17) is 16.3 Å². The summed E-state index contributed by atoms with van der Waals surface area (Å²) in [5.74, 6) is -0.121. The van der Waals surface area contributed by atoms with Gasteiger partial charge in [-0.1, -0.05) is 11.6 Å². The van der Waals surface area contributed by atoms with E-state index < -0.39 is 0 Å². The van der Waals surface area contributed by atoms with Gasteiger partial charge in [0.25, 0.3) is 0 Å². The average molecular weight is 258 g/mol. The molecule has 0 spiro atoms. The second-order valence-corrected chi connectivity index (χ2v) is 3.91. The molecule has 1 amide bonds. The fraction of sp³-hybridized carbons (Fsp3) is 0.455. The van der Waals surface area contributed by atoms with E-state index in [1.165, 1.54) is 6.20 Å². The highest BCUT2D eigenvalue weighted by molar-refractivity contribution is 6.30. The molecule has 94 valence electrons. The number of methoxy groups -OCH3 is 1. The summed E-state index contributed by atoms with van der Waals surface area (Å²) in [7, 11) is 1.61. The summed E-state index contributed by atoms with van der Waals surface area (Å²) >= 11 is 5.79. The van der Waals surface area contributed by atoms with E-state index in [-0.39, 0.29) is 12.5 Å². The number of ether oxygens (including phenoxy) is 1. The van der Waals surface area contributed by atoms with Gasteiger partial charge in [-0.15, -0.1) is 0 Å². The van der Waals surface area contributed by atoms with Crippen molar-refractivity contribution in [1.82, 2.24) is 10.3 Å². The van der Waals surface area contributed by atoms with E-state index in [9.17, 15) is 4.79 Å². The Morgan fingerprint density at radius 1 is 1.59 bits per heavy atom. The maximum absolute atomic E-state index is 11.5. The summed E-state index contributed by atoms with van der Waals surface area (Å²) in [4.78, 5) is 15.4. The zero-order chi connectivity index (χ0) is 12.7. The van der Waals surface area contributed by atoms with Crippen molar-refractivity contribution in [2.75, 3.05) is 32.1 Å². The minimum Gasteiger partial charge on any atom is -0.383 e. The number of carbonyl (C=O) groups excluding carboxylic acids is 1. The monoisotopic (exact) mass is 257 g/mol. The highest BCUT2D eigenvalue weighted by Crippen LogP contribution is 2.15. The lowest BCUT2D eigenvalue weighted by molar-refractivity contribution is -0.115. The van der Waals surface area contributed by atoms with E-state index in [1.807, 2.05) is 6.92 Å². The molecule has 0 aliphatic carbocycles. The third kappa shape index (κ3) is 5.12. The van der Waals surface area contributed by atoms with Crippen LogP contribution < -0.4 is 10.6 Å². The molecular formula is C11H16ClN3O2. The number of hydrogen-bond acceptors (Lipinski definition) is 4. The Balaban J connectivity index is 2.37. The summed E-state index contributed by atoms with van der Waals surface area (Å²) in [5, 5.41) is 6.12. The molecule has 0 fully saturated rings. The predicted octanol–water partition coefficient (Wildman–Crippen LogP) is 1.22. The lowest BCUT2D eigenvalue weighted by Gasteiger charge is -2.07. The first-order valence-electron chi connectivity index (χ1n) is 5.25. The number of aryl methyl sites for hydroxylation is 1. The minimum atomic E-state index is -0.121. The van der Waals surface area contributed by atoms with Crippen LogP contribution in [0.5, 0.6) is 0 Å². The van der Waals surface area contributed by atoms with Gasteiger partial charge < -0.3 is 15.4 Å². The van der Waals surface area contributed by atoms with Crippen molar-refractivity contribution in [1.29, 1.82) is 0 Å². The van der Waals surface area contributed by atoms with Crippen LogP contribution in [-0.4, -0.2) is 37.7 Å². The van der Waals surface area contributed by atoms with Gasteiger partial charge in [0, 0.05) is 13.7 Å². The smallest absolute Gasteiger partial charge is 0.238 e. The molecule has 1 aromatic rings. The van der Waals surface area contributed by atoms with E-state index in [2.05, 4.69) is 15.6 Å². The molecule has 0 radical (unpaired) electrons. The zero-order valence-corrected chi connectivity index (χ0v) is 10.7. The van der Waals surface area contributed by atoms with E-state index in [0.717, 1.165) is 5.56 Å². The van der Waals surface area contributed by atoms with Gasteiger partial charge in [-0.25, -0.2) is 4.98 Å². The summed E-state index contributed by atoms with van der Waals surface area (Å²) < 4.78 is 4.85. The average Bonchev–Trinajstić information content (AvgIpc) is 2.30. The molecular weight excluding hydrogens is 242 g/mol. The van der Waals surface area contributed by atoms with Crippen molar-refractivity contribution in [2.24, 2.45) is 0 Å². The van der Waals surface area contributed by atoms with E-state index in [0.29, 0.717) is 24.0 Å². The molecule has 1 heterocycles. The number of hydrogen-bond donors (Lipinski definition) is 2. The van der Waals surface area contributed by atoms with Gasteiger partial charge in [-0.05, 0) is 18.6 Å². The highest BCUT2D eigenvalue weighted by atomic mass is 35.5. The molecule has 6 heteroatoms. The molecule has 2 N–H and O–H groups in total. The summed E-state index contributed by atoms with van der Waals surface area (Å²) in [6, 6.07) is 1.78. The Bertz CT molecular complexity index is 385. The molecule has 1 aromatic heterocycles. The van der Waals surface area contributed by atoms with Crippen LogP contribution in [0.2, 0.25) is 5.15 Å². The zero-order valence-electron chi connectivity index (χ0n) is 9.92. The lowest BCUT2D eigenvalue weighted by atomic mass is 10.3. The Morgan fingerprint density at radius 3 is 3.00 bits per heavy atom. The maximum Gasteiger partial charge on any atom is 0.238 e. The number of pyridine rings is 1. The van der Waals surface area contributed by atoms with Gasteiger partial charge in [0.1, 0.15) is 5.15 Å². The topological polar surface area (TPSA) is 63.2 Å². The fourth-order valence-corrected chi connectivity index (χ4v) is 1.31. The van der Waals surface area contributed by atoms with Crippen molar-refractivity contribution in [3.63, 3.8) is 0 Å². The van der Waals surface area contributed by atoms with E-state index in [1.54, 1.807) is 13.2 Å². The van der Waals surface area contributed by atoms with Crippen LogP contribution in [0.25, 0.3) is 0 Å². The Kier molecular flexibility index (Phi) is 5.90. The van der Waals surface area contributed by atoms with Gasteiger partial charge >= 0.3 is 0 Å². The molecule has 0 bridgehead atoms. The van der Waals surface area contributed by atoms with Crippen molar-refractivity contribution in [3.8, 4) is 0 Å². The maximum atomic E-state index is 11.5. The normalized spacial score (nSPS) is 10.3. The quantitative estimate of drug-likeness (QED) is 0.594. The molecule has 0 aliphatic rings. The standard InChI is InChI=1S/C11H16ClN3O2/c1-8-5-9(6-14-11(8)12)15-10(16)7-13-3-4-17-2/h5-6,13H,3-4,7H2,1-2H3,(H,15,16). The molecule has 0 aliphatic heterocycles. The molecule has 17 heavy (non-hydrogen) atoms. The second kappa shape index (κ2) is 7.21. The van der Waals surface area contributed by atoms with Crippen molar-refractivity contribution >= 4 is 23.2 Å². The van der Waals surface area contributed by atoms with Crippen molar-refractivity contribution in [2.45, 2.75) is 6.92 Å². The number of rotatable bonds is 6. The SMILES string of the molecule is COCCNCC(=O)Nc1cnc(Cl)c(C)c1. The molecule has 5 nitrogen and oxygen atoms in total. The van der Waals surface area contributed by atoms with Crippen LogP contribution in [0.15, 0.2) is 12.3 Å². The van der Waals surface area contributed by atoms with Crippen LogP contribution in [-0.2, 0) is 9.53 Å². The predicted molar refractivity (Wildman–Crippen MR) is 67.4 cm³/mol. The van der Waals surface area contributed by atoms with Crippen LogP contribution in [0.1, 0.15) is 5.56 Å². The third-order valence-electron chi connectivity index (χ3n) is 2.07. The Morgan fingerprint density at radius 2 is 2.35 bits per heavy atom. The van der Waals surface area contributed by atoms with Gasteiger partial charge in [-0.3, -0.25) is 4.79 Å². The largest absolute Gasteiger partial charge is 0.383 e. The fourth-order valence-electron chi connectivity index (χ4n) is 1.21. The number of halogens is 1. The highest BCUT2D eigenvalue weighted by Gasteiger charge is 2.03. The van der Waals surface area contributed by atoms with Crippen LogP contribution >= 0.6 is 11.6 Å². The van der Waals surface area contributed by atoms with Crippen molar-refractivity contribution in [3.05, 3.63) is 23.0 Å². The number of anilines is 1. The summed E-state index contributed by atoms with van der Waals surface area (Å²) in [6.07, 6.45) is 1.53. The van der Waals surface area contributed by atoms with Gasteiger partial charge in [-0.2, -0.15) is 0 Å². The number of nitrogens with zero attached hydrogens (tertiary/aromatic N) is 1. The van der Waals surface area contributed by atoms with Crippen LogP contribution in [0.4, 0.5) is 5.69 Å². The molecule has 0 saturated carbocycles. The number of nitrogens with one attached hydrogen (secondary N) is 2. The molecule has 0 aromatic carbocycles. The third-order valence-corrected chi connectivity index (χ3v) is 2.46. The Labute approximate surface area is 106 Å². The van der Waals surface area contributed by atoms with Gasteiger partial charge in [0.05, 0.1) is 25.0 Å². The van der Waals surface area contributed by atoms with Crippen LogP contribution in [0, 0.1) is 6.92 Å². The number of carbonyl (C=O) groups is 1. The molecule has 0 unspecified atom stereocenters. The van der Waals surface area contributed by atoms with Crippen molar-refractivity contribution < 1.29 is 9.53 Å². The Hall–Kier alpha value is -1.17. The number of aromatic nitrogens is 1. The second-order valence-electron chi connectivity index (χ2n) is 3.55. The summed E-state index contributed by atoms with van der Waals surface area (Å²) in [5.41, 5.74) is 1.47. The van der Waals surface area contributed by atoms with Crippen LogP contribution in [0.3, 0.4) is 0 Å². The first-order chi connectivity index (χ1) is 8.13. The van der Waals surface area contributed by atoms with E-state index >= 15 is 0 Å². The lowest BCUT2D eigenvalue weighted by Crippen LogP contribution is -2.30. The molecule has 0 atom stereocenters. The first kappa shape index (κ1) is 13.9. The minimum absolute atomic E-state index is 0.121. The van der Waals surface area contributed by atoms with Gasteiger partial charge in [0.2, 0.25) is 5.91 Å². The first-order valence-corrected chi connectivity index (χ1v) is 5.63. The van der Waals surface area contributed by atoms with Gasteiger partial charge in [0.15, 0.2) is 0 Å².